The molecule has 0 fully saturated rings. The van der Waals surface area contributed by atoms with Crippen molar-refractivity contribution < 1.29 is 19.4 Å². The molecule has 0 saturated heterocycles. The molecule has 0 unspecified atom stereocenters. The third-order valence-electron chi connectivity index (χ3n) is 3.25. The molecule has 2 aromatic heterocycles. The van der Waals surface area contributed by atoms with Crippen LogP contribution in [-0.4, -0.2) is 27.5 Å². The second-order valence-electron chi connectivity index (χ2n) is 4.75. The lowest BCUT2D eigenvalue weighted by atomic mass is 10.2. The first-order chi connectivity index (χ1) is 10.1. The Labute approximate surface area is 122 Å². The highest BCUT2D eigenvalue weighted by Gasteiger charge is 2.24. The number of carbonyl (C=O) groups is 1. The number of hydrogen-bond donors (Lipinski definition) is 1. The van der Waals surface area contributed by atoms with Crippen molar-refractivity contribution in [3.8, 4) is 5.75 Å². The van der Waals surface area contributed by atoms with Gasteiger partial charge in [-0.1, -0.05) is 18.4 Å². The first-order valence-electron chi connectivity index (χ1n) is 7.07. The molecule has 2 heterocycles. The van der Waals surface area contributed by atoms with Crippen molar-refractivity contribution >= 4 is 17.0 Å². The van der Waals surface area contributed by atoms with E-state index in [0.29, 0.717) is 28.9 Å². The molecule has 114 valence electrons. The minimum atomic E-state index is -1.19. The number of unbranched alkanes of at least 4 members (excludes halogenated alkanes) is 2. The summed E-state index contributed by atoms with van der Waals surface area (Å²) < 4.78 is 7.58. The first kappa shape index (κ1) is 15.1. The molecule has 1 N–H and O–H groups in total. The lowest BCUT2D eigenvalue weighted by Crippen LogP contribution is -2.31. The Morgan fingerprint density at radius 2 is 2.24 bits per heavy atom. The SMILES string of the molecule is CCCCCn1ncc2c(OCC)c(C(=O)O)c[n+]([O-])c21. The van der Waals surface area contributed by atoms with E-state index in [1.165, 1.54) is 6.20 Å². The van der Waals surface area contributed by atoms with E-state index >= 15 is 0 Å². The van der Waals surface area contributed by atoms with Crippen LogP contribution >= 0.6 is 0 Å². The molecule has 0 spiro atoms. The van der Waals surface area contributed by atoms with Crippen molar-refractivity contribution in [2.75, 3.05) is 6.61 Å². The number of aromatic nitrogens is 3. The normalized spacial score (nSPS) is 11.0. The van der Waals surface area contributed by atoms with Crippen LogP contribution in [0.15, 0.2) is 12.4 Å². The Balaban J connectivity index is 2.53. The maximum Gasteiger partial charge on any atom is 0.343 e. The van der Waals surface area contributed by atoms with E-state index in [1.54, 1.807) is 11.6 Å². The number of hydrogen-bond acceptors (Lipinski definition) is 4. The standard InChI is InChI=1S/C14H19N3O4/c1-3-5-6-7-16-13-10(8-15-16)12(21-4-2)11(14(18)19)9-17(13)20/h8-9H,3-7H2,1-2H3,(H,18,19). The molecule has 0 aliphatic heterocycles. The van der Waals surface area contributed by atoms with E-state index in [1.807, 2.05) is 0 Å². The van der Waals surface area contributed by atoms with Crippen LogP contribution in [0.4, 0.5) is 0 Å². The topological polar surface area (TPSA) is 91.3 Å². The largest absolute Gasteiger partial charge is 0.711 e. The summed E-state index contributed by atoms with van der Waals surface area (Å²) in [5, 5.41) is 25.9. The molecule has 0 radical (unpaired) electrons. The molecule has 2 rings (SSSR count). The third-order valence-corrected chi connectivity index (χ3v) is 3.25. The number of ether oxygens (including phenoxy) is 1. The molecular formula is C14H19N3O4. The highest BCUT2D eigenvalue weighted by molar-refractivity contribution is 5.96. The second-order valence-corrected chi connectivity index (χ2v) is 4.75. The van der Waals surface area contributed by atoms with E-state index in [-0.39, 0.29) is 11.3 Å². The minimum absolute atomic E-state index is 0.146. The van der Waals surface area contributed by atoms with Crippen LogP contribution in [0.2, 0.25) is 0 Å². The maximum atomic E-state index is 12.1. The second kappa shape index (κ2) is 6.43. The summed E-state index contributed by atoms with van der Waals surface area (Å²) in [7, 11) is 0. The van der Waals surface area contributed by atoms with Gasteiger partial charge in [-0.25, -0.2) is 9.52 Å². The zero-order valence-corrected chi connectivity index (χ0v) is 12.2. The number of fused-ring (bicyclic) bond motifs is 1. The Morgan fingerprint density at radius 3 is 2.86 bits per heavy atom. The summed E-state index contributed by atoms with van der Waals surface area (Å²) in [6, 6.07) is 0. The highest BCUT2D eigenvalue weighted by Crippen LogP contribution is 2.27. The van der Waals surface area contributed by atoms with E-state index in [0.717, 1.165) is 25.5 Å². The van der Waals surface area contributed by atoms with Gasteiger partial charge in [-0.2, -0.15) is 0 Å². The van der Waals surface area contributed by atoms with Crippen molar-refractivity contribution in [1.82, 2.24) is 9.78 Å². The lowest BCUT2D eigenvalue weighted by molar-refractivity contribution is -0.580. The van der Waals surface area contributed by atoms with Crippen molar-refractivity contribution in [3.63, 3.8) is 0 Å². The number of aryl methyl sites for hydroxylation is 1. The molecule has 0 bridgehead atoms. The molecule has 0 atom stereocenters. The van der Waals surface area contributed by atoms with Gasteiger partial charge in [-0.3, -0.25) is 0 Å². The van der Waals surface area contributed by atoms with Crippen LogP contribution in [0.5, 0.6) is 5.75 Å². The summed E-state index contributed by atoms with van der Waals surface area (Å²) in [5.74, 6) is -0.988. The predicted octanol–water partition coefficient (Wildman–Crippen LogP) is 1.96. The summed E-state index contributed by atoms with van der Waals surface area (Å²) >= 11 is 0. The van der Waals surface area contributed by atoms with E-state index in [2.05, 4.69) is 12.0 Å². The molecule has 0 aliphatic carbocycles. The predicted molar refractivity (Wildman–Crippen MR) is 76.3 cm³/mol. The van der Waals surface area contributed by atoms with Crippen molar-refractivity contribution in [2.45, 2.75) is 39.7 Å². The highest BCUT2D eigenvalue weighted by atomic mass is 16.5. The van der Waals surface area contributed by atoms with E-state index in [4.69, 9.17) is 4.74 Å². The number of carboxylic acid groups (broad SMARTS) is 1. The molecule has 0 aliphatic rings. The summed E-state index contributed by atoms with van der Waals surface area (Å²) in [6.45, 7) is 4.81. The Kier molecular flexibility index (Phi) is 4.62. The van der Waals surface area contributed by atoms with Crippen LogP contribution < -0.4 is 9.47 Å². The molecular weight excluding hydrogens is 274 g/mol. The molecule has 0 aromatic carbocycles. The van der Waals surface area contributed by atoms with Gasteiger partial charge in [0.05, 0.1) is 12.8 Å². The fourth-order valence-corrected chi connectivity index (χ4v) is 2.28. The number of nitrogens with zero attached hydrogens (tertiary/aromatic N) is 3. The van der Waals surface area contributed by atoms with Crippen LogP contribution in [0.1, 0.15) is 43.5 Å². The molecule has 0 amide bonds. The monoisotopic (exact) mass is 293 g/mol. The fourth-order valence-electron chi connectivity index (χ4n) is 2.28. The third kappa shape index (κ3) is 2.91. The van der Waals surface area contributed by atoms with Crippen molar-refractivity contribution in [3.05, 3.63) is 23.2 Å². The zero-order chi connectivity index (χ0) is 15.4. The van der Waals surface area contributed by atoms with E-state index < -0.39 is 5.97 Å². The molecule has 0 saturated carbocycles. The zero-order valence-electron chi connectivity index (χ0n) is 12.2. The smallest absolute Gasteiger partial charge is 0.343 e. The Hall–Kier alpha value is -2.31. The van der Waals surface area contributed by atoms with Crippen molar-refractivity contribution in [1.29, 1.82) is 0 Å². The molecule has 7 heteroatoms. The van der Waals surface area contributed by atoms with Gasteiger partial charge in [0, 0.05) is 0 Å². The van der Waals surface area contributed by atoms with Gasteiger partial charge >= 0.3 is 11.6 Å². The Morgan fingerprint density at radius 1 is 1.48 bits per heavy atom. The van der Waals surface area contributed by atoms with Gasteiger partial charge in [0.25, 0.3) is 0 Å². The van der Waals surface area contributed by atoms with Crippen LogP contribution in [-0.2, 0) is 6.54 Å². The Bertz CT molecular complexity index is 651. The molecule has 2 aromatic rings. The quantitative estimate of drug-likeness (QED) is 0.478. The average Bonchev–Trinajstić information content (AvgIpc) is 2.86. The lowest BCUT2D eigenvalue weighted by Gasteiger charge is -2.11. The number of pyridine rings is 1. The van der Waals surface area contributed by atoms with Crippen LogP contribution in [0, 0.1) is 5.21 Å². The molecule has 21 heavy (non-hydrogen) atoms. The fraction of sp³-hybridized carbons (Fsp3) is 0.500. The number of rotatable bonds is 7. The van der Waals surface area contributed by atoms with Gasteiger partial charge in [0.2, 0.25) is 0 Å². The van der Waals surface area contributed by atoms with Gasteiger partial charge in [0.1, 0.15) is 23.7 Å². The van der Waals surface area contributed by atoms with Gasteiger partial charge in [-0.05, 0) is 19.8 Å². The summed E-state index contributed by atoms with van der Waals surface area (Å²) in [4.78, 5) is 11.3. The summed E-state index contributed by atoms with van der Waals surface area (Å²) in [5.41, 5.74) is 0.187. The van der Waals surface area contributed by atoms with Gasteiger partial charge in [-0.15, -0.1) is 4.68 Å². The molecule has 7 nitrogen and oxygen atoms in total. The first-order valence-corrected chi connectivity index (χ1v) is 7.07. The van der Waals surface area contributed by atoms with Gasteiger partial charge < -0.3 is 15.1 Å². The van der Waals surface area contributed by atoms with Gasteiger partial charge in [0.15, 0.2) is 5.75 Å². The van der Waals surface area contributed by atoms with Crippen molar-refractivity contribution in [2.24, 2.45) is 0 Å². The summed E-state index contributed by atoms with van der Waals surface area (Å²) in [6.07, 6.45) is 5.56. The van der Waals surface area contributed by atoms with Crippen LogP contribution in [0.3, 0.4) is 0 Å². The maximum absolute atomic E-state index is 12.1. The minimum Gasteiger partial charge on any atom is -0.711 e. The van der Waals surface area contributed by atoms with E-state index in [9.17, 15) is 15.1 Å². The number of aromatic carboxylic acids is 1. The average molecular weight is 293 g/mol. The van der Waals surface area contributed by atoms with Crippen LogP contribution in [0.25, 0.3) is 11.0 Å². The number of carboxylic acids is 1.